The topological polar surface area (TPSA) is 80.0 Å². The van der Waals surface area contributed by atoms with Crippen LogP contribution in [0.4, 0.5) is 0 Å². The van der Waals surface area contributed by atoms with Gasteiger partial charge in [0.25, 0.3) is 10.0 Å². The molecular formula is C31H42N2O4S. The molecule has 206 valence electrons. The summed E-state index contributed by atoms with van der Waals surface area (Å²) in [6, 6.07) is 12.2. The predicted octanol–water partition coefficient (Wildman–Crippen LogP) is 6.95. The molecule has 3 rings (SSSR count). The maximum Gasteiger partial charge on any atom is 0.347 e. The van der Waals surface area contributed by atoms with Crippen molar-refractivity contribution in [2.45, 2.75) is 104 Å². The quantitative estimate of drug-likeness (QED) is 0.199. The molecule has 0 aliphatic carbocycles. The SMILES string of the molecule is Cc1ccc(S(=O)(=O)/N=C(\c2cc3cc(C(C)(C)C)cc(C(C)(C)C)c3oc2=O)N(C(C)C)C(C)C)cc1. The van der Waals surface area contributed by atoms with Gasteiger partial charge in [0.15, 0.2) is 5.84 Å². The molecule has 0 aliphatic rings. The minimum atomic E-state index is -4.10. The minimum Gasteiger partial charge on any atom is -0.422 e. The van der Waals surface area contributed by atoms with Crippen LogP contribution in [-0.2, 0) is 20.9 Å². The molecule has 1 aromatic heterocycles. The average molecular weight is 539 g/mol. The Hall–Kier alpha value is -2.93. The highest BCUT2D eigenvalue weighted by Crippen LogP contribution is 2.35. The van der Waals surface area contributed by atoms with Crippen molar-refractivity contribution in [3.05, 3.63) is 75.1 Å². The van der Waals surface area contributed by atoms with Gasteiger partial charge in [-0.15, -0.1) is 4.40 Å². The van der Waals surface area contributed by atoms with Crippen LogP contribution in [0.1, 0.15) is 91.5 Å². The van der Waals surface area contributed by atoms with Crippen molar-refractivity contribution >= 4 is 26.8 Å². The molecule has 0 N–H and O–H groups in total. The Bertz CT molecular complexity index is 1510. The van der Waals surface area contributed by atoms with Crippen molar-refractivity contribution in [1.82, 2.24) is 4.90 Å². The van der Waals surface area contributed by atoms with Crippen LogP contribution in [0.2, 0.25) is 0 Å². The summed E-state index contributed by atoms with van der Waals surface area (Å²) in [5.41, 5.74) is 2.59. The first kappa shape index (κ1) is 29.6. The minimum absolute atomic E-state index is 0.0725. The molecule has 0 amide bonds. The Labute approximate surface area is 227 Å². The molecule has 0 radical (unpaired) electrons. The van der Waals surface area contributed by atoms with Crippen molar-refractivity contribution in [2.24, 2.45) is 4.40 Å². The summed E-state index contributed by atoms with van der Waals surface area (Å²) in [6.07, 6.45) is 0. The molecule has 6 nitrogen and oxygen atoms in total. The van der Waals surface area contributed by atoms with Crippen LogP contribution >= 0.6 is 0 Å². The predicted molar refractivity (Wildman–Crippen MR) is 157 cm³/mol. The molecule has 0 spiro atoms. The normalized spacial score (nSPS) is 13.6. The fraction of sp³-hybridized carbons (Fsp3) is 0.484. The van der Waals surface area contributed by atoms with Crippen molar-refractivity contribution in [3.8, 4) is 0 Å². The summed E-state index contributed by atoms with van der Waals surface area (Å²) in [4.78, 5) is 15.5. The first-order valence-electron chi connectivity index (χ1n) is 13.2. The standard InChI is InChI=1S/C31H42N2O4S/c1-19(2)33(20(3)4)28(32-38(35,36)24-14-12-21(5)13-15-24)25-17-22-16-23(30(6,7)8)18-26(31(9,10)11)27(22)37-29(25)34/h12-20H,1-11H3/b32-28+. The van der Waals surface area contributed by atoms with E-state index < -0.39 is 15.6 Å². The number of hydrogen-bond acceptors (Lipinski definition) is 4. The van der Waals surface area contributed by atoms with Crippen LogP contribution in [-0.4, -0.2) is 31.2 Å². The van der Waals surface area contributed by atoms with E-state index in [2.05, 4.69) is 52.0 Å². The van der Waals surface area contributed by atoms with Gasteiger partial charge in [0.1, 0.15) is 11.1 Å². The molecule has 7 heteroatoms. The molecule has 3 aromatic rings. The summed E-state index contributed by atoms with van der Waals surface area (Å²) in [5.74, 6) is 0.0877. The van der Waals surface area contributed by atoms with Crippen molar-refractivity contribution < 1.29 is 12.8 Å². The molecule has 0 bridgehead atoms. The second kappa shape index (κ2) is 10.3. The summed E-state index contributed by atoms with van der Waals surface area (Å²) < 4.78 is 37.2. The first-order chi connectivity index (χ1) is 17.3. The van der Waals surface area contributed by atoms with Gasteiger partial charge >= 0.3 is 5.63 Å². The molecule has 0 aliphatic heterocycles. The smallest absolute Gasteiger partial charge is 0.347 e. The van der Waals surface area contributed by atoms with Crippen molar-refractivity contribution in [2.75, 3.05) is 0 Å². The zero-order valence-electron chi connectivity index (χ0n) is 24.6. The Balaban J connectivity index is 2.43. The maximum absolute atomic E-state index is 13.6. The Morgan fingerprint density at radius 1 is 0.868 bits per heavy atom. The fourth-order valence-corrected chi connectivity index (χ4v) is 5.58. The van der Waals surface area contributed by atoms with Gasteiger partial charge in [0.05, 0.1) is 4.90 Å². The largest absolute Gasteiger partial charge is 0.422 e. The van der Waals surface area contributed by atoms with E-state index in [0.29, 0.717) is 5.58 Å². The van der Waals surface area contributed by atoms with Gasteiger partial charge in [0, 0.05) is 23.0 Å². The van der Waals surface area contributed by atoms with E-state index in [0.717, 1.165) is 22.1 Å². The molecule has 0 saturated heterocycles. The second-order valence-corrected chi connectivity index (χ2v) is 14.3. The van der Waals surface area contributed by atoms with Crippen molar-refractivity contribution in [1.29, 1.82) is 0 Å². The third-order valence-corrected chi connectivity index (χ3v) is 7.91. The zero-order chi connectivity index (χ0) is 28.8. The highest BCUT2D eigenvalue weighted by molar-refractivity contribution is 7.90. The second-order valence-electron chi connectivity index (χ2n) is 12.7. The van der Waals surface area contributed by atoms with Gasteiger partial charge in [0.2, 0.25) is 0 Å². The van der Waals surface area contributed by atoms with E-state index in [1.165, 1.54) is 12.1 Å². The molecule has 0 unspecified atom stereocenters. The summed E-state index contributed by atoms with van der Waals surface area (Å²) in [7, 11) is -4.10. The number of hydrogen-bond donors (Lipinski definition) is 0. The average Bonchev–Trinajstić information content (AvgIpc) is 2.75. The molecule has 0 saturated carbocycles. The highest BCUT2D eigenvalue weighted by Gasteiger charge is 2.29. The van der Waals surface area contributed by atoms with E-state index >= 15 is 0 Å². The van der Waals surface area contributed by atoms with Crippen LogP contribution in [0, 0.1) is 6.92 Å². The van der Waals surface area contributed by atoms with Crippen LogP contribution in [0.15, 0.2) is 61.0 Å². The molecule has 2 aromatic carbocycles. The number of fused-ring (bicyclic) bond motifs is 1. The first-order valence-corrected chi connectivity index (χ1v) is 14.6. The lowest BCUT2D eigenvalue weighted by atomic mass is 9.79. The van der Waals surface area contributed by atoms with E-state index in [-0.39, 0.29) is 39.2 Å². The fourth-order valence-electron chi connectivity index (χ4n) is 4.58. The summed E-state index contributed by atoms with van der Waals surface area (Å²) in [5, 5.41) is 0.741. The molecule has 1 heterocycles. The van der Waals surface area contributed by atoms with E-state index in [1.807, 2.05) is 45.6 Å². The van der Waals surface area contributed by atoms with Gasteiger partial charge in [-0.3, -0.25) is 0 Å². The number of rotatable bonds is 5. The maximum atomic E-state index is 13.6. The van der Waals surface area contributed by atoms with Gasteiger partial charge in [-0.2, -0.15) is 8.42 Å². The van der Waals surface area contributed by atoms with E-state index in [9.17, 15) is 13.2 Å². The Morgan fingerprint density at radius 3 is 1.89 bits per heavy atom. The number of amidine groups is 1. The van der Waals surface area contributed by atoms with E-state index in [4.69, 9.17) is 4.42 Å². The third kappa shape index (κ3) is 6.20. The lowest BCUT2D eigenvalue weighted by Gasteiger charge is -2.33. The van der Waals surface area contributed by atoms with Gasteiger partial charge in [-0.05, 0) is 75.3 Å². The summed E-state index contributed by atoms with van der Waals surface area (Å²) in [6.45, 7) is 22.4. The van der Waals surface area contributed by atoms with Gasteiger partial charge in [-0.1, -0.05) is 65.3 Å². The zero-order valence-corrected chi connectivity index (χ0v) is 25.4. The van der Waals surface area contributed by atoms with Gasteiger partial charge < -0.3 is 9.32 Å². The van der Waals surface area contributed by atoms with Crippen molar-refractivity contribution in [3.63, 3.8) is 0 Å². The van der Waals surface area contributed by atoms with Crippen LogP contribution in [0.5, 0.6) is 0 Å². The third-order valence-electron chi connectivity index (χ3n) is 6.63. The summed E-state index contributed by atoms with van der Waals surface area (Å²) >= 11 is 0. The van der Waals surface area contributed by atoms with Crippen LogP contribution in [0.3, 0.4) is 0 Å². The lowest BCUT2D eigenvalue weighted by Crippen LogP contribution is -2.44. The number of sulfonamides is 1. The highest BCUT2D eigenvalue weighted by atomic mass is 32.2. The lowest BCUT2D eigenvalue weighted by molar-refractivity contribution is 0.292. The van der Waals surface area contributed by atoms with Gasteiger partial charge in [-0.25, -0.2) is 4.79 Å². The molecular weight excluding hydrogens is 496 g/mol. The van der Waals surface area contributed by atoms with E-state index in [1.54, 1.807) is 18.2 Å². The Kier molecular flexibility index (Phi) is 8.05. The number of aryl methyl sites for hydroxylation is 1. The number of nitrogens with zero attached hydrogens (tertiary/aromatic N) is 2. The number of benzene rings is 2. The van der Waals surface area contributed by atoms with Crippen LogP contribution in [0.25, 0.3) is 11.0 Å². The molecule has 38 heavy (non-hydrogen) atoms. The molecule has 0 fully saturated rings. The monoisotopic (exact) mass is 538 g/mol. The molecule has 0 atom stereocenters. The Morgan fingerprint density at radius 2 is 1.42 bits per heavy atom. The van der Waals surface area contributed by atoms with Crippen LogP contribution < -0.4 is 5.63 Å².